The highest BCUT2D eigenvalue weighted by atomic mass is 16.5. The van der Waals surface area contributed by atoms with Crippen LogP contribution in [0.1, 0.15) is 16.7 Å². The topological polar surface area (TPSA) is 30.5 Å². The van der Waals surface area contributed by atoms with Crippen molar-refractivity contribution < 1.29 is 9.47 Å². The first-order valence-corrected chi connectivity index (χ1v) is 7.07. The molecule has 0 aliphatic heterocycles. The molecule has 1 N–H and O–H groups in total. The van der Waals surface area contributed by atoms with Gasteiger partial charge in [-0.3, -0.25) is 0 Å². The van der Waals surface area contributed by atoms with Crippen molar-refractivity contribution in [2.45, 2.75) is 20.4 Å². The third kappa shape index (κ3) is 3.19. The molecule has 2 aromatic carbocycles. The average molecular weight is 285 g/mol. The molecule has 0 unspecified atom stereocenters. The van der Waals surface area contributed by atoms with Gasteiger partial charge in [-0.25, -0.2) is 0 Å². The smallest absolute Gasteiger partial charge is 0.161 e. The van der Waals surface area contributed by atoms with E-state index in [2.05, 4.69) is 43.4 Å². The van der Waals surface area contributed by atoms with Crippen LogP contribution in [-0.4, -0.2) is 21.3 Å². The predicted octanol–water partition coefficient (Wildman–Crippen LogP) is 3.71. The Morgan fingerprint density at radius 3 is 2.14 bits per heavy atom. The number of aryl methyl sites for hydroxylation is 2. The van der Waals surface area contributed by atoms with Crippen LogP contribution in [0.15, 0.2) is 30.3 Å². The van der Waals surface area contributed by atoms with E-state index in [4.69, 9.17) is 9.47 Å². The van der Waals surface area contributed by atoms with Crippen LogP contribution in [0.5, 0.6) is 11.5 Å². The Morgan fingerprint density at radius 1 is 0.905 bits per heavy atom. The molecule has 21 heavy (non-hydrogen) atoms. The molecule has 0 fully saturated rings. The zero-order valence-electron chi connectivity index (χ0n) is 13.4. The number of nitrogens with one attached hydrogen (secondary N) is 1. The van der Waals surface area contributed by atoms with E-state index in [1.807, 2.05) is 13.1 Å². The number of ether oxygens (including phenoxy) is 2. The number of rotatable bonds is 5. The van der Waals surface area contributed by atoms with Gasteiger partial charge in [0.1, 0.15) is 0 Å². The minimum absolute atomic E-state index is 0.757. The summed E-state index contributed by atoms with van der Waals surface area (Å²) in [6.07, 6.45) is 0. The lowest BCUT2D eigenvalue weighted by Crippen LogP contribution is -2.07. The largest absolute Gasteiger partial charge is 0.493 e. The molecule has 0 atom stereocenters. The third-order valence-electron chi connectivity index (χ3n) is 3.65. The van der Waals surface area contributed by atoms with E-state index < -0.39 is 0 Å². The first-order valence-electron chi connectivity index (χ1n) is 7.07. The summed E-state index contributed by atoms with van der Waals surface area (Å²) in [4.78, 5) is 0. The van der Waals surface area contributed by atoms with E-state index in [-0.39, 0.29) is 0 Å². The molecule has 0 spiro atoms. The molecule has 0 heterocycles. The second-order valence-electron chi connectivity index (χ2n) is 5.21. The van der Waals surface area contributed by atoms with Gasteiger partial charge in [-0.2, -0.15) is 0 Å². The summed E-state index contributed by atoms with van der Waals surface area (Å²) in [6.45, 7) is 5.03. The number of benzene rings is 2. The molecule has 2 rings (SSSR count). The van der Waals surface area contributed by atoms with Crippen LogP contribution >= 0.6 is 0 Å². The summed E-state index contributed by atoms with van der Waals surface area (Å²) in [6, 6.07) is 10.6. The standard InChI is InChI=1S/C18H23NO2/c1-12-6-7-15(13(2)8-12)16-10-18(21-5)17(20-4)9-14(16)11-19-3/h6-10,19H,11H2,1-5H3. The minimum atomic E-state index is 0.757. The molecule has 0 saturated carbocycles. The van der Waals surface area contributed by atoms with Crippen LogP contribution in [-0.2, 0) is 6.54 Å². The maximum absolute atomic E-state index is 5.45. The lowest BCUT2D eigenvalue weighted by atomic mass is 9.94. The molecular formula is C18H23NO2. The molecule has 2 aromatic rings. The monoisotopic (exact) mass is 285 g/mol. The molecule has 3 heteroatoms. The van der Waals surface area contributed by atoms with Gasteiger partial charge in [0.2, 0.25) is 0 Å². The summed E-state index contributed by atoms with van der Waals surface area (Å²) in [7, 11) is 5.28. The van der Waals surface area contributed by atoms with Gasteiger partial charge in [0.25, 0.3) is 0 Å². The zero-order valence-corrected chi connectivity index (χ0v) is 13.4. The summed E-state index contributed by atoms with van der Waals surface area (Å²) in [5.41, 5.74) is 6.14. The highest BCUT2D eigenvalue weighted by Gasteiger charge is 2.13. The Bertz CT molecular complexity index is 635. The Kier molecular flexibility index (Phi) is 4.86. The Labute approximate surface area is 126 Å². The molecule has 0 aliphatic rings. The summed E-state index contributed by atoms with van der Waals surface area (Å²) >= 11 is 0. The molecule has 112 valence electrons. The van der Waals surface area contributed by atoms with Crippen LogP contribution in [0, 0.1) is 13.8 Å². The lowest BCUT2D eigenvalue weighted by molar-refractivity contribution is 0.354. The highest BCUT2D eigenvalue weighted by Crippen LogP contribution is 2.37. The SMILES string of the molecule is CNCc1cc(OC)c(OC)cc1-c1ccc(C)cc1C. The van der Waals surface area contributed by atoms with Gasteiger partial charge in [-0.1, -0.05) is 23.8 Å². The molecule has 0 radical (unpaired) electrons. The van der Waals surface area contributed by atoms with Gasteiger partial charge in [0.15, 0.2) is 11.5 Å². The summed E-state index contributed by atoms with van der Waals surface area (Å²) in [5.74, 6) is 1.52. The van der Waals surface area contributed by atoms with Gasteiger partial charge < -0.3 is 14.8 Å². The van der Waals surface area contributed by atoms with E-state index in [9.17, 15) is 0 Å². The van der Waals surface area contributed by atoms with Crippen LogP contribution in [0.25, 0.3) is 11.1 Å². The van der Waals surface area contributed by atoms with Crippen LogP contribution in [0.3, 0.4) is 0 Å². The van der Waals surface area contributed by atoms with E-state index in [1.165, 1.54) is 27.8 Å². The second-order valence-corrected chi connectivity index (χ2v) is 5.21. The van der Waals surface area contributed by atoms with Crippen molar-refractivity contribution in [3.63, 3.8) is 0 Å². The maximum Gasteiger partial charge on any atom is 0.161 e. The maximum atomic E-state index is 5.45. The Morgan fingerprint density at radius 2 is 1.57 bits per heavy atom. The Hall–Kier alpha value is -2.00. The highest BCUT2D eigenvalue weighted by molar-refractivity contribution is 5.74. The van der Waals surface area contributed by atoms with Crippen molar-refractivity contribution in [1.82, 2.24) is 5.32 Å². The molecular weight excluding hydrogens is 262 g/mol. The lowest BCUT2D eigenvalue weighted by Gasteiger charge is -2.17. The molecule has 0 aliphatic carbocycles. The first kappa shape index (κ1) is 15.4. The molecule has 0 saturated heterocycles. The number of hydrogen-bond donors (Lipinski definition) is 1. The quantitative estimate of drug-likeness (QED) is 0.908. The van der Waals surface area contributed by atoms with Gasteiger partial charge >= 0.3 is 0 Å². The fraction of sp³-hybridized carbons (Fsp3) is 0.333. The minimum Gasteiger partial charge on any atom is -0.493 e. The van der Waals surface area contributed by atoms with E-state index >= 15 is 0 Å². The van der Waals surface area contributed by atoms with Crippen LogP contribution < -0.4 is 14.8 Å². The van der Waals surface area contributed by atoms with Crippen molar-refractivity contribution >= 4 is 0 Å². The Balaban J connectivity index is 2.64. The van der Waals surface area contributed by atoms with E-state index in [0.29, 0.717) is 0 Å². The summed E-state index contributed by atoms with van der Waals surface area (Å²) in [5, 5.41) is 3.22. The third-order valence-corrected chi connectivity index (χ3v) is 3.65. The fourth-order valence-electron chi connectivity index (χ4n) is 2.62. The van der Waals surface area contributed by atoms with Crippen LogP contribution in [0.2, 0.25) is 0 Å². The van der Waals surface area contributed by atoms with Crippen molar-refractivity contribution in [2.75, 3.05) is 21.3 Å². The number of hydrogen-bond acceptors (Lipinski definition) is 3. The molecule has 0 bridgehead atoms. The van der Waals surface area contributed by atoms with Crippen LogP contribution in [0.4, 0.5) is 0 Å². The normalized spacial score (nSPS) is 10.5. The van der Waals surface area contributed by atoms with Gasteiger partial charge in [-0.05, 0) is 55.3 Å². The van der Waals surface area contributed by atoms with Crippen molar-refractivity contribution in [1.29, 1.82) is 0 Å². The number of methoxy groups -OCH3 is 2. The van der Waals surface area contributed by atoms with Gasteiger partial charge in [0.05, 0.1) is 14.2 Å². The van der Waals surface area contributed by atoms with E-state index in [1.54, 1.807) is 14.2 Å². The first-order chi connectivity index (χ1) is 10.1. The summed E-state index contributed by atoms with van der Waals surface area (Å²) < 4.78 is 10.9. The van der Waals surface area contributed by atoms with E-state index in [0.717, 1.165) is 18.0 Å². The fourth-order valence-corrected chi connectivity index (χ4v) is 2.62. The van der Waals surface area contributed by atoms with Crippen molar-refractivity contribution in [3.8, 4) is 22.6 Å². The average Bonchev–Trinajstić information content (AvgIpc) is 2.47. The van der Waals surface area contributed by atoms with Crippen molar-refractivity contribution in [2.24, 2.45) is 0 Å². The second kappa shape index (κ2) is 6.64. The van der Waals surface area contributed by atoms with Crippen molar-refractivity contribution in [3.05, 3.63) is 47.0 Å². The molecule has 0 amide bonds. The zero-order chi connectivity index (χ0) is 15.4. The molecule has 3 nitrogen and oxygen atoms in total. The molecule has 0 aromatic heterocycles. The van der Waals surface area contributed by atoms with Gasteiger partial charge in [0, 0.05) is 6.54 Å². The predicted molar refractivity (Wildman–Crippen MR) is 87.2 cm³/mol. The van der Waals surface area contributed by atoms with Gasteiger partial charge in [-0.15, -0.1) is 0 Å².